The van der Waals surface area contributed by atoms with E-state index < -0.39 is 11.8 Å². The average Bonchev–Trinajstić information content (AvgIpc) is 2.17. The topological polar surface area (TPSA) is 52.6 Å². The van der Waals surface area contributed by atoms with Gasteiger partial charge in [0.1, 0.15) is 0 Å². The van der Waals surface area contributed by atoms with Crippen LogP contribution in [0.2, 0.25) is 0 Å². The number of carbonyl (C=O) groups is 2. The van der Waals surface area contributed by atoms with Crippen LogP contribution in [0.3, 0.4) is 0 Å². The van der Waals surface area contributed by atoms with E-state index in [0.29, 0.717) is 13.2 Å². The molecule has 0 spiro atoms. The lowest BCUT2D eigenvalue weighted by atomic mass is 9.84. The lowest BCUT2D eigenvalue weighted by Gasteiger charge is -2.23. The Hall–Kier alpha value is -1.06. The number of rotatable bonds is 6. The number of hydrogen-bond donors (Lipinski definition) is 0. The Morgan fingerprint density at radius 3 is 1.75 bits per heavy atom. The van der Waals surface area contributed by atoms with Crippen LogP contribution in [0.25, 0.3) is 0 Å². The standard InChI is InChI=1S/C12H22O4/c1-6-15-11(13)9(5)10(8(3)4)12(14)16-7-2/h8-10H,6-7H2,1-5H3. The molecule has 0 aromatic rings. The maximum absolute atomic E-state index is 11.7. The first-order valence-corrected chi connectivity index (χ1v) is 5.78. The van der Waals surface area contributed by atoms with Crippen molar-refractivity contribution >= 4 is 11.9 Å². The van der Waals surface area contributed by atoms with Crippen LogP contribution in [0.15, 0.2) is 0 Å². The Labute approximate surface area is 97.3 Å². The van der Waals surface area contributed by atoms with E-state index in [1.807, 2.05) is 13.8 Å². The van der Waals surface area contributed by atoms with Crippen molar-refractivity contribution in [1.29, 1.82) is 0 Å². The third-order valence-electron chi connectivity index (χ3n) is 2.47. The zero-order valence-electron chi connectivity index (χ0n) is 10.8. The molecule has 0 heterocycles. The fourth-order valence-corrected chi connectivity index (χ4v) is 1.71. The summed E-state index contributed by atoms with van der Waals surface area (Å²) in [7, 11) is 0. The van der Waals surface area contributed by atoms with Crippen molar-refractivity contribution in [1.82, 2.24) is 0 Å². The number of carbonyl (C=O) groups excluding carboxylic acids is 2. The highest BCUT2D eigenvalue weighted by molar-refractivity contribution is 5.82. The van der Waals surface area contributed by atoms with Gasteiger partial charge in [-0.25, -0.2) is 0 Å². The quantitative estimate of drug-likeness (QED) is 0.655. The Balaban J connectivity index is 4.64. The second-order valence-electron chi connectivity index (χ2n) is 4.06. The Bertz CT molecular complexity index is 235. The summed E-state index contributed by atoms with van der Waals surface area (Å²) in [6, 6.07) is 0. The van der Waals surface area contributed by atoms with Crippen LogP contribution in [0.5, 0.6) is 0 Å². The zero-order chi connectivity index (χ0) is 12.7. The van der Waals surface area contributed by atoms with Crippen LogP contribution >= 0.6 is 0 Å². The van der Waals surface area contributed by atoms with Crippen LogP contribution in [0.4, 0.5) is 0 Å². The summed E-state index contributed by atoms with van der Waals surface area (Å²) < 4.78 is 9.88. The van der Waals surface area contributed by atoms with Gasteiger partial charge in [-0.15, -0.1) is 0 Å². The molecule has 0 aromatic carbocycles. The first-order valence-electron chi connectivity index (χ1n) is 5.78. The fraction of sp³-hybridized carbons (Fsp3) is 0.833. The lowest BCUT2D eigenvalue weighted by molar-refractivity contribution is -0.161. The van der Waals surface area contributed by atoms with Crippen molar-refractivity contribution in [3.63, 3.8) is 0 Å². The van der Waals surface area contributed by atoms with Crippen molar-refractivity contribution in [2.75, 3.05) is 13.2 Å². The van der Waals surface area contributed by atoms with Gasteiger partial charge >= 0.3 is 11.9 Å². The summed E-state index contributed by atoms with van der Waals surface area (Å²) in [6.07, 6.45) is 0. The van der Waals surface area contributed by atoms with Crippen molar-refractivity contribution in [3.8, 4) is 0 Å². The predicted molar refractivity (Wildman–Crippen MR) is 60.8 cm³/mol. The third-order valence-corrected chi connectivity index (χ3v) is 2.47. The highest BCUT2D eigenvalue weighted by atomic mass is 16.5. The van der Waals surface area contributed by atoms with Crippen LogP contribution in [0, 0.1) is 17.8 Å². The SMILES string of the molecule is CCOC(=O)C(C)C(C(=O)OCC)C(C)C. The summed E-state index contributed by atoms with van der Waals surface area (Å²) in [6.45, 7) is 9.67. The highest BCUT2D eigenvalue weighted by Crippen LogP contribution is 2.23. The molecule has 94 valence electrons. The van der Waals surface area contributed by atoms with Gasteiger partial charge in [0, 0.05) is 0 Å². The van der Waals surface area contributed by atoms with Gasteiger partial charge in [-0.1, -0.05) is 20.8 Å². The van der Waals surface area contributed by atoms with Gasteiger partial charge in [-0.3, -0.25) is 9.59 Å². The maximum Gasteiger partial charge on any atom is 0.310 e. The average molecular weight is 230 g/mol. The van der Waals surface area contributed by atoms with Gasteiger partial charge in [-0.2, -0.15) is 0 Å². The number of esters is 2. The summed E-state index contributed by atoms with van der Waals surface area (Å²) in [5.74, 6) is -1.50. The van der Waals surface area contributed by atoms with Crippen LogP contribution in [-0.2, 0) is 19.1 Å². The molecule has 0 aliphatic heterocycles. The molecule has 0 saturated carbocycles. The van der Waals surface area contributed by atoms with Crippen LogP contribution in [-0.4, -0.2) is 25.2 Å². The molecule has 0 radical (unpaired) electrons. The maximum atomic E-state index is 11.7. The highest BCUT2D eigenvalue weighted by Gasteiger charge is 2.34. The summed E-state index contributed by atoms with van der Waals surface area (Å²) in [5.41, 5.74) is 0. The molecule has 0 N–H and O–H groups in total. The van der Waals surface area contributed by atoms with Gasteiger partial charge in [0.05, 0.1) is 25.0 Å². The zero-order valence-corrected chi connectivity index (χ0v) is 10.8. The van der Waals surface area contributed by atoms with Crippen molar-refractivity contribution < 1.29 is 19.1 Å². The predicted octanol–water partition coefficient (Wildman–Crippen LogP) is 2.02. The summed E-state index contributed by atoms with van der Waals surface area (Å²) in [4.78, 5) is 23.3. The van der Waals surface area contributed by atoms with E-state index in [9.17, 15) is 9.59 Å². The van der Waals surface area contributed by atoms with Gasteiger partial charge in [0.2, 0.25) is 0 Å². The van der Waals surface area contributed by atoms with Crippen LogP contribution < -0.4 is 0 Å². The minimum atomic E-state index is -0.459. The number of hydrogen-bond acceptors (Lipinski definition) is 4. The van der Waals surface area contributed by atoms with Crippen molar-refractivity contribution in [3.05, 3.63) is 0 Å². The molecule has 0 bridgehead atoms. The molecule has 2 unspecified atom stereocenters. The van der Waals surface area contributed by atoms with E-state index in [1.165, 1.54) is 0 Å². The fourth-order valence-electron chi connectivity index (χ4n) is 1.71. The normalized spacial score (nSPS) is 14.4. The van der Waals surface area contributed by atoms with Gasteiger partial charge in [-0.05, 0) is 19.8 Å². The Kier molecular flexibility index (Phi) is 6.77. The molecule has 0 rings (SSSR count). The minimum absolute atomic E-state index is 0.0541. The molecule has 16 heavy (non-hydrogen) atoms. The molecule has 2 atom stereocenters. The van der Waals surface area contributed by atoms with Gasteiger partial charge in [0.15, 0.2) is 0 Å². The van der Waals surface area contributed by atoms with E-state index >= 15 is 0 Å². The molecular weight excluding hydrogens is 208 g/mol. The van der Waals surface area contributed by atoms with E-state index in [4.69, 9.17) is 9.47 Å². The largest absolute Gasteiger partial charge is 0.466 e. The number of ether oxygens (including phenoxy) is 2. The first-order chi connectivity index (χ1) is 7.45. The Morgan fingerprint density at radius 2 is 1.38 bits per heavy atom. The van der Waals surface area contributed by atoms with E-state index in [0.717, 1.165) is 0 Å². The van der Waals surface area contributed by atoms with Crippen molar-refractivity contribution in [2.24, 2.45) is 17.8 Å². The summed E-state index contributed by atoms with van der Waals surface area (Å²) in [5, 5.41) is 0. The van der Waals surface area contributed by atoms with E-state index in [1.54, 1.807) is 20.8 Å². The second kappa shape index (κ2) is 7.25. The lowest BCUT2D eigenvalue weighted by Crippen LogP contribution is -2.34. The molecule has 4 nitrogen and oxygen atoms in total. The Morgan fingerprint density at radius 1 is 0.938 bits per heavy atom. The second-order valence-corrected chi connectivity index (χ2v) is 4.06. The van der Waals surface area contributed by atoms with Gasteiger partial charge in [0.25, 0.3) is 0 Å². The molecule has 0 aromatic heterocycles. The minimum Gasteiger partial charge on any atom is -0.466 e. The third kappa shape index (κ3) is 4.21. The van der Waals surface area contributed by atoms with Crippen molar-refractivity contribution in [2.45, 2.75) is 34.6 Å². The molecule has 0 fully saturated rings. The molecule has 0 aliphatic carbocycles. The van der Waals surface area contributed by atoms with E-state index in [-0.39, 0.29) is 17.9 Å². The molecule has 0 saturated heterocycles. The molecule has 0 amide bonds. The monoisotopic (exact) mass is 230 g/mol. The summed E-state index contributed by atoms with van der Waals surface area (Å²) >= 11 is 0. The van der Waals surface area contributed by atoms with E-state index in [2.05, 4.69) is 0 Å². The molecule has 4 heteroatoms. The van der Waals surface area contributed by atoms with Gasteiger partial charge < -0.3 is 9.47 Å². The first kappa shape index (κ1) is 14.9. The smallest absolute Gasteiger partial charge is 0.310 e. The van der Waals surface area contributed by atoms with Crippen LogP contribution in [0.1, 0.15) is 34.6 Å². The molecule has 0 aliphatic rings. The molecular formula is C12H22O4.